The van der Waals surface area contributed by atoms with E-state index in [-0.39, 0.29) is 0 Å². The molecular formula is C12H18IN5. The number of hydrogen-bond donors (Lipinski definition) is 0. The minimum atomic E-state index is 0.462. The predicted octanol–water partition coefficient (Wildman–Crippen LogP) is 1.82. The van der Waals surface area contributed by atoms with E-state index < -0.39 is 0 Å². The van der Waals surface area contributed by atoms with E-state index in [0.29, 0.717) is 6.04 Å². The smallest absolute Gasteiger partial charge is 0.146 e. The summed E-state index contributed by atoms with van der Waals surface area (Å²) >= 11 is 2.26. The van der Waals surface area contributed by atoms with Crippen molar-refractivity contribution in [2.75, 3.05) is 7.05 Å². The third-order valence-corrected chi connectivity index (χ3v) is 4.52. The van der Waals surface area contributed by atoms with Crippen molar-refractivity contribution in [3.8, 4) is 0 Å². The monoisotopic (exact) mass is 359 g/mol. The van der Waals surface area contributed by atoms with Crippen molar-refractivity contribution in [1.29, 1.82) is 0 Å². The van der Waals surface area contributed by atoms with Crippen molar-refractivity contribution in [2.24, 2.45) is 18.1 Å². The first-order chi connectivity index (χ1) is 8.61. The highest BCUT2D eigenvalue weighted by Crippen LogP contribution is 2.35. The van der Waals surface area contributed by atoms with E-state index in [1.807, 2.05) is 7.05 Å². The van der Waals surface area contributed by atoms with Crippen molar-refractivity contribution < 1.29 is 0 Å². The number of rotatable bonds is 4. The molecule has 0 N–H and O–H groups in total. The van der Waals surface area contributed by atoms with Crippen LogP contribution in [0.15, 0.2) is 5.10 Å². The van der Waals surface area contributed by atoms with Gasteiger partial charge in [-0.25, -0.2) is 0 Å². The topological polar surface area (TPSA) is 46.3 Å². The molecule has 1 saturated carbocycles. The summed E-state index contributed by atoms with van der Waals surface area (Å²) in [6.07, 6.45) is 6.04. The molecule has 1 unspecified atom stereocenters. The van der Waals surface area contributed by atoms with Crippen LogP contribution in [0.2, 0.25) is 0 Å². The van der Waals surface area contributed by atoms with Gasteiger partial charge in [0.05, 0.1) is 11.7 Å². The van der Waals surface area contributed by atoms with Gasteiger partial charge in [-0.1, -0.05) is 0 Å². The minimum Gasteiger partial charge on any atom is -0.296 e. The van der Waals surface area contributed by atoms with Crippen LogP contribution in [0.3, 0.4) is 0 Å². The van der Waals surface area contributed by atoms with Gasteiger partial charge in [-0.3, -0.25) is 5.01 Å². The van der Waals surface area contributed by atoms with E-state index >= 15 is 0 Å². The van der Waals surface area contributed by atoms with Crippen molar-refractivity contribution in [1.82, 2.24) is 20.0 Å². The van der Waals surface area contributed by atoms with Crippen molar-refractivity contribution in [3.05, 3.63) is 9.39 Å². The first-order valence-corrected chi connectivity index (χ1v) is 7.54. The lowest BCUT2D eigenvalue weighted by molar-refractivity contribution is 0.281. The lowest BCUT2D eigenvalue weighted by Gasteiger charge is -2.17. The van der Waals surface area contributed by atoms with Crippen molar-refractivity contribution in [3.63, 3.8) is 0 Å². The molecule has 18 heavy (non-hydrogen) atoms. The Balaban J connectivity index is 1.62. The third kappa shape index (κ3) is 2.67. The van der Waals surface area contributed by atoms with E-state index in [2.05, 4.69) is 49.9 Å². The van der Waals surface area contributed by atoms with Crippen LogP contribution in [-0.2, 0) is 13.5 Å². The first-order valence-electron chi connectivity index (χ1n) is 6.46. The second-order valence-electron chi connectivity index (χ2n) is 5.38. The molecule has 98 valence electrons. The maximum Gasteiger partial charge on any atom is 0.146 e. The molecule has 5 nitrogen and oxygen atoms in total. The number of halogens is 1. The molecule has 1 aromatic heterocycles. The van der Waals surface area contributed by atoms with Crippen molar-refractivity contribution in [2.45, 2.75) is 38.1 Å². The van der Waals surface area contributed by atoms with E-state index in [1.54, 1.807) is 4.80 Å². The van der Waals surface area contributed by atoms with Crippen LogP contribution >= 0.6 is 22.6 Å². The van der Waals surface area contributed by atoms with Crippen LogP contribution in [0.4, 0.5) is 0 Å². The van der Waals surface area contributed by atoms with Crippen LogP contribution in [0.25, 0.3) is 0 Å². The number of nitrogens with zero attached hydrogens (tertiary/aromatic N) is 5. The summed E-state index contributed by atoms with van der Waals surface area (Å²) in [4.78, 5) is 1.65. The van der Waals surface area contributed by atoms with Crippen LogP contribution in [0.1, 0.15) is 31.4 Å². The summed E-state index contributed by atoms with van der Waals surface area (Å²) in [5.41, 5.74) is 2.47. The molecule has 0 bridgehead atoms. The molecule has 1 fully saturated rings. The van der Waals surface area contributed by atoms with E-state index in [9.17, 15) is 0 Å². The molecule has 1 aliphatic carbocycles. The fraction of sp³-hybridized carbons (Fsp3) is 0.750. The predicted molar refractivity (Wildman–Crippen MR) is 78.4 cm³/mol. The molecule has 1 aliphatic heterocycles. The van der Waals surface area contributed by atoms with Crippen LogP contribution in [-0.4, -0.2) is 38.8 Å². The average molecular weight is 359 g/mol. The molecule has 0 radical (unpaired) electrons. The molecule has 2 heterocycles. The summed E-state index contributed by atoms with van der Waals surface area (Å²) in [6.45, 7) is 0. The molecular weight excluding hydrogens is 341 g/mol. The Hall–Kier alpha value is -0.660. The molecule has 0 spiro atoms. The molecule has 0 aromatic carbocycles. The second-order valence-corrected chi connectivity index (χ2v) is 6.40. The van der Waals surface area contributed by atoms with Gasteiger partial charge in [0.25, 0.3) is 0 Å². The van der Waals surface area contributed by atoms with Gasteiger partial charge in [0, 0.05) is 32.6 Å². The van der Waals surface area contributed by atoms with Gasteiger partial charge < -0.3 is 0 Å². The average Bonchev–Trinajstić information content (AvgIpc) is 2.95. The highest BCUT2D eigenvalue weighted by Gasteiger charge is 2.30. The molecule has 2 aliphatic rings. The van der Waals surface area contributed by atoms with Gasteiger partial charge in [-0.05, 0) is 47.8 Å². The first kappa shape index (κ1) is 12.4. The third-order valence-electron chi connectivity index (χ3n) is 3.69. The number of hydrogen-bond acceptors (Lipinski definition) is 4. The summed E-state index contributed by atoms with van der Waals surface area (Å²) in [6, 6.07) is 0.462. The maximum absolute atomic E-state index is 4.68. The normalized spacial score (nSPS) is 23.6. The quantitative estimate of drug-likeness (QED) is 0.771. The summed E-state index contributed by atoms with van der Waals surface area (Å²) in [5.74, 6) is 0.924. The largest absolute Gasteiger partial charge is 0.296 e. The highest BCUT2D eigenvalue weighted by molar-refractivity contribution is 14.1. The summed E-state index contributed by atoms with van der Waals surface area (Å²) in [5, 5.41) is 15.5. The lowest BCUT2D eigenvalue weighted by Crippen LogP contribution is -2.25. The molecule has 0 saturated heterocycles. The Bertz CT molecular complexity index is 477. The van der Waals surface area contributed by atoms with E-state index in [4.69, 9.17) is 0 Å². The van der Waals surface area contributed by atoms with Crippen molar-refractivity contribution >= 4 is 28.3 Å². The Morgan fingerprint density at radius 2 is 2.00 bits per heavy atom. The molecule has 1 atom stereocenters. The molecule has 1 aromatic rings. The lowest BCUT2D eigenvalue weighted by atomic mass is 10.0. The van der Waals surface area contributed by atoms with E-state index in [1.165, 1.54) is 25.0 Å². The molecule has 0 amide bonds. The van der Waals surface area contributed by atoms with Gasteiger partial charge in [0.15, 0.2) is 0 Å². The summed E-state index contributed by atoms with van der Waals surface area (Å²) < 4.78 is 1.01. The van der Waals surface area contributed by atoms with Crippen LogP contribution < -0.4 is 0 Å². The number of hydrazone groups is 1. The van der Waals surface area contributed by atoms with Gasteiger partial charge in [-0.15, -0.1) is 5.10 Å². The Kier molecular flexibility index (Phi) is 3.29. The Morgan fingerprint density at radius 1 is 1.22 bits per heavy atom. The number of aryl methyl sites for hydroxylation is 1. The van der Waals surface area contributed by atoms with Gasteiger partial charge >= 0.3 is 0 Å². The van der Waals surface area contributed by atoms with Crippen LogP contribution in [0.5, 0.6) is 0 Å². The van der Waals surface area contributed by atoms with Crippen LogP contribution in [0, 0.1) is 9.62 Å². The van der Waals surface area contributed by atoms with E-state index in [0.717, 1.165) is 28.2 Å². The van der Waals surface area contributed by atoms with Gasteiger partial charge in [0.2, 0.25) is 0 Å². The fourth-order valence-electron chi connectivity index (χ4n) is 2.50. The number of likely N-dealkylation sites (N-methyl/N-ethyl adjacent to an activating group) is 1. The van der Waals surface area contributed by atoms with Gasteiger partial charge in [0.1, 0.15) is 3.70 Å². The summed E-state index contributed by atoms with van der Waals surface area (Å²) in [7, 11) is 3.95. The van der Waals surface area contributed by atoms with Gasteiger partial charge in [-0.2, -0.15) is 15.0 Å². The Morgan fingerprint density at radius 3 is 2.61 bits per heavy atom. The zero-order valence-corrected chi connectivity index (χ0v) is 13.0. The molecule has 6 heteroatoms. The minimum absolute atomic E-state index is 0.462. The second kappa shape index (κ2) is 4.79. The zero-order valence-electron chi connectivity index (χ0n) is 10.8. The zero-order chi connectivity index (χ0) is 12.7. The maximum atomic E-state index is 4.68. The molecule has 3 rings (SSSR count). The standard InChI is InChI=1S/C12H18IN5/c1-17-10(6-9(14-17)5-8-3-4-8)7-11-12(13)16-18(2)15-11/h8,10H,3-7H2,1-2H3. The highest BCUT2D eigenvalue weighted by atomic mass is 127. The SMILES string of the molecule is CN1N=C(CC2CC2)CC1Cc1nn(C)nc1I. The Labute approximate surface area is 121 Å². The number of aromatic nitrogens is 3. The fourth-order valence-corrected chi connectivity index (χ4v) is 3.14.